The van der Waals surface area contributed by atoms with Gasteiger partial charge in [0.05, 0.1) is 11.6 Å². The number of hydrogen-bond acceptors (Lipinski definition) is 3. The number of nitrogens with zero attached hydrogens (tertiary/aromatic N) is 2. The van der Waals surface area contributed by atoms with Crippen LogP contribution in [0.15, 0.2) is 29.8 Å². The highest BCUT2D eigenvalue weighted by Gasteiger charge is 2.17. The molecule has 0 saturated carbocycles. The molecule has 3 heteroatoms. The average Bonchev–Trinajstić information content (AvgIpc) is 2.38. The van der Waals surface area contributed by atoms with Crippen LogP contribution in [0.3, 0.4) is 0 Å². The second-order valence-electron chi connectivity index (χ2n) is 4.66. The molecule has 1 aliphatic rings. The molecule has 92 valence electrons. The molecule has 0 aliphatic carbocycles. The summed E-state index contributed by atoms with van der Waals surface area (Å²) in [6.45, 7) is 5.38. The first-order valence-electron chi connectivity index (χ1n) is 6.07. The lowest BCUT2D eigenvalue weighted by Crippen LogP contribution is -2.30. The SMILES string of the molecule is CC(=O)c1ccc(C#N)cc1N1CCC=C(C)C1. The van der Waals surface area contributed by atoms with E-state index in [1.54, 1.807) is 19.1 Å². The second kappa shape index (κ2) is 5.05. The summed E-state index contributed by atoms with van der Waals surface area (Å²) >= 11 is 0. The van der Waals surface area contributed by atoms with E-state index in [-0.39, 0.29) is 5.78 Å². The van der Waals surface area contributed by atoms with E-state index in [0.29, 0.717) is 11.1 Å². The minimum Gasteiger partial charge on any atom is -0.367 e. The summed E-state index contributed by atoms with van der Waals surface area (Å²) in [5, 5.41) is 8.98. The maximum absolute atomic E-state index is 11.7. The number of anilines is 1. The molecular weight excluding hydrogens is 224 g/mol. The van der Waals surface area contributed by atoms with E-state index in [1.807, 2.05) is 6.07 Å². The van der Waals surface area contributed by atoms with Crippen LogP contribution in [0.2, 0.25) is 0 Å². The van der Waals surface area contributed by atoms with Crippen molar-refractivity contribution in [1.29, 1.82) is 5.26 Å². The van der Waals surface area contributed by atoms with Crippen LogP contribution >= 0.6 is 0 Å². The standard InChI is InChI=1S/C15H16N2O/c1-11-4-3-7-17(10-11)15-8-13(9-16)5-6-14(15)12(2)18/h4-6,8H,3,7,10H2,1-2H3. The van der Waals surface area contributed by atoms with Gasteiger partial charge in [0, 0.05) is 24.3 Å². The topological polar surface area (TPSA) is 44.1 Å². The molecule has 2 rings (SSSR count). The quantitative estimate of drug-likeness (QED) is 0.589. The number of carbonyl (C=O) groups is 1. The lowest BCUT2D eigenvalue weighted by Gasteiger charge is -2.29. The van der Waals surface area contributed by atoms with Crippen molar-refractivity contribution in [1.82, 2.24) is 0 Å². The Morgan fingerprint density at radius 2 is 2.22 bits per heavy atom. The Hall–Kier alpha value is -2.08. The third-order valence-corrected chi connectivity index (χ3v) is 3.18. The molecule has 1 heterocycles. The van der Waals surface area contributed by atoms with Crippen LogP contribution in [-0.2, 0) is 0 Å². The summed E-state index contributed by atoms with van der Waals surface area (Å²) in [7, 11) is 0. The van der Waals surface area contributed by atoms with Gasteiger partial charge in [0.1, 0.15) is 0 Å². The predicted molar refractivity (Wildman–Crippen MR) is 71.7 cm³/mol. The summed E-state index contributed by atoms with van der Waals surface area (Å²) < 4.78 is 0. The van der Waals surface area contributed by atoms with Gasteiger partial charge in [-0.1, -0.05) is 11.6 Å². The molecule has 0 saturated heterocycles. The van der Waals surface area contributed by atoms with Crippen molar-refractivity contribution in [2.45, 2.75) is 20.3 Å². The van der Waals surface area contributed by atoms with Crippen molar-refractivity contribution < 1.29 is 4.79 Å². The Morgan fingerprint density at radius 1 is 1.44 bits per heavy atom. The number of benzene rings is 1. The summed E-state index contributed by atoms with van der Waals surface area (Å²) in [6.07, 6.45) is 3.21. The summed E-state index contributed by atoms with van der Waals surface area (Å²) in [4.78, 5) is 13.8. The molecule has 0 unspecified atom stereocenters. The molecule has 0 bridgehead atoms. The molecular formula is C15H16N2O. The van der Waals surface area contributed by atoms with E-state index in [2.05, 4.69) is 24.0 Å². The third kappa shape index (κ3) is 2.43. The Bertz CT molecular complexity index is 552. The third-order valence-electron chi connectivity index (χ3n) is 3.18. The molecule has 1 aromatic rings. The Labute approximate surface area is 107 Å². The predicted octanol–water partition coefficient (Wildman–Crippen LogP) is 2.92. The minimum atomic E-state index is 0.0432. The molecule has 0 fully saturated rings. The molecule has 1 aliphatic heterocycles. The van der Waals surface area contributed by atoms with Crippen LogP contribution in [0.25, 0.3) is 0 Å². The van der Waals surface area contributed by atoms with Crippen LogP contribution in [0.5, 0.6) is 0 Å². The van der Waals surface area contributed by atoms with Gasteiger partial charge in [0.2, 0.25) is 0 Å². The van der Waals surface area contributed by atoms with Crippen molar-refractivity contribution in [2.24, 2.45) is 0 Å². The molecule has 18 heavy (non-hydrogen) atoms. The van der Waals surface area contributed by atoms with Crippen molar-refractivity contribution >= 4 is 11.5 Å². The first-order chi connectivity index (χ1) is 8.61. The summed E-state index contributed by atoms with van der Waals surface area (Å²) in [5.74, 6) is 0.0432. The molecule has 0 atom stereocenters. The largest absolute Gasteiger partial charge is 0.367 e. The maximum atomic E-state index is 11.7. The zero-order valence-electron chi connectivity index (χ0n) is 10.7. The van der Waals surface area contributed by atoms with E-state index in [9.17, 15) is 4.79 Å². The zero-order chi connectivity index (χ0) is 13.1. The maximum Gasteiger partial charge on any atom is 0.161 e. The lowest BCUT2D eigenvalue weighted by molar-refractivity contribution is 0.101. The Kier molecular flexibility index (Phi) is 3.47. The number of hydrogen-bond donors (Lipinski definition) is 0. The van der Waals surface area contributed by atoms with Crippen molar-refractivity contribution in [3.05, 3.63) is 41.0 Å². The first kappa shape index (κ1) is 12.4. The fraction of sp³-hybridized carbons (Fsp3) is 0.333. The van der Waals surface area contributed by atoms with Gasteiger partial charge in [-0.25, -0.2) is 0 Å². The van der Waals surface area contributed by atoms with E-state index in [1.165, 1.54) is 5.57 Å². The zero-order valence-corrected chi connectivity index (χ0v) is 10.7. The molecule has 3 nitrogen and oxygen atoms in total. The molecule has 0 amide bonds. The van der Waals surface area contributed by atoms with Gasteiger partial charge in [-0.05, 0) is 38.5 Å². The van der Waals surface area contributed by atoms with Gasteiger partial charge in [0.25, 0.3) is 0 Å². The monoisotopic (exact) mass is 240 g/mol. The molecule has 0 radical (unpaired) electrons. The highest BCUT2D eigenvalue weighted by atomic mass is 16.1. The lowest BCUT2D eigenvalue weighted by atomic mass is 10.0. The highest BCUT2D eigenvalue weighted by Crippen LogP contribution is 2.25. The van der Waals surface area contributed by atoms with Crippen LogP contribution in [0.1, 0.15) is 36.2 Å². The van der Waals surface area contributed by atoms with Crippen molar-refractivity contribution in [3.8, 4) is 6.07 Å². The van der Waals surface area contributed by atoms with E-state index >= 15 is 0 Å². The van der Waals surface area contributed by atoms with Gasteiger partial charge in [-0.15, -0.1) is 0 Å². The van der Waals surface area contributed by atoms with Gasteiger partial charge in [-0.2, -0.15) is 5.26 Å². The highest BCUT2D eigenvalue weighted by molar-refractivity contribution is 6.00. The van der Waals surface area contributed by atoms with Gasteiger partial charge < -0.3 is 4.90 Å². The van der Waals surface area contributed by atoms with Gasteiger partial charge in [-0.3, -0.25) is 4.79 Å². The molecule has 0 spiro atoms. The van der Waals surface area contributed by atoms with Gasteiger partial charge in [0.15, 0.2) is 5.78 Å². The normalized spacial score (nSPS) is 14.9. The fourth-order valence-electron chi connectivity index (χ4n) is 2.28. The molecule has 0 N–H and O–H groups in total. The fourth-order valence-corrected chi connectivity index (χ4v) is 2.28. The van der Waals surface area contributed by atoms with Crippen LogP contribution < -0.4 is 4.90 Å². The minimum absolute atomic E-state index is 0.0432. The molecule has 1 aromatic carbocycles. The van der Waals surface area contributed by atoms with Crippen LogP contribution in [-0.4, -0.2) is 18.9 Å². The Morgan fingerprint density at radius 3 is 2.83 bits per heavy atom. The number of ketones is 1. The Balaban J connectivity index is 2.44. The first-order valence-corrected chi connectivity index (χ1v) is 6.07. The number of carbonyl (C=O) groups excluding carboxylic acids is 1. The van der Waals surface area contributed by atoms with E-state index in [0.717, 1.165) is 25.2 Å². The number of rotatable bonds is 2. The summed E-state index contributed by atoms with van der Waals surface area (Å²) in [6, 6.07) is 7.40. The van der Waals surface area contributed by atoms with Crippen LogP contribution in [0, 0.1) is 11.3 Å². The second-order valence-corrected chi connectivity index (χ2v) is 4.66. The van der Waals surface area contributed by atoms with E-state index < -0.39 is 0 Å². The number of Topliss-reactive ketones (excluding diaryl/α,β-unsaturated/α-hetero) is 1. The van der Waals surface area contributed by atoms with Gasteiger partial charge >= 0.3 is 0 Å². The van der Waals surface area contributed by atoms with Crippen molar-refractivity contribution in [2.75, 3.05) is 18.0 Å². The number of nitriles is 1. The smallest absolute Gasteiger partial charge is 0.161 e. The molecule has 0 aromatic heterocycles. The summed E-state index contributed by atoms with van der Waals surface area (Å²) in [5.41, 5.74) is 3.48. The van der Waals surface area contributed by atoms with E-state index in [4.69, 9.17) is 5.26 Å². The van der Waals surface area contributed by atoms with Crippen molar-refractivity contribution in [3.63, 3.8) is 0 Å². The average molecular weight is 240 g/mol. The van der Waals surface area contributed by atoms with Crippen LogP contribution in [0.4, 0.5) is 5.69 Å².